The molecule has 4 aliphatic heterocycles. The molecule has 5 bridgehead atoms. The molecule has 10 nitrogen and oxygen atoms in total. The third-order valence-electron chi connectivity index (χ3n) is 7.43. The topological polar surface area (TPSA) is 125 Å². The van der Waals surface area contributed by atoms with Gasteiger partial charge in [-0.05, 0) is 40.2 Å². The first-order valence-electron chi connectivity index (χ1n) is 12.4. The Morgan fingerprint density at radius 3 is 2.58 bits per heavy atom. The molecule has 0 aromatic rings. The number of hydrogen-bond acceptors (Lipinski definition) is 7. The molecule has 4 aliphatic rings. The van der Waals surface area contributed by atoms with E-state index in [0.29, 0.717) is 10.9 Å². The Kier molecular flexibility index (Phi) is 7.64. The Hall–Kier alpha value is -2.24. The standard InChI is InChI=1S/C25H34BrN3O7/c1-13(2)28-9-7-5-6-8-17(31)27-11-15(4)35-24(34)18-19-22(32)29(14(3)12-30)21(23(28)33)25(19)10-16(26)20(18)36-25/h5,7,10,13-15,18-21,30H,6,8-9,11-12H2,1-4H3,(H,27,31)/b7-5-/t14-,15-,18+,19-,20+,21+,25-/m1/s1. The summed E-state index contributed by atoms with van der Waals surface area (Å²) in [6, 6.07) is -1.92. The number of nitrogens with zero attached hydrogens (tertiary/aromatic N) is 2. The summed E-state index contributed by atoms with van der Waals surface area (Å²) >= 11 is 3.49. The van der Waals surface area contributed by atoms with Crippen molar-refractivity contribution < 1.29 is 33.8 Å². The molecule has 2 saturated heterocycles. The predicted molar refractivity (Wildman–Crippen MR) is 133 cm³/mol. The molecule has 198 valence electrons. The van der Waals surface area contributed by atoms with E-state index in [1.54, 1.807) is 24.8 Å². The van der Waals surface area contributed by atoms with Crippen molar-refractivity contribution in [2.24, 2.45) is 11.8 Å². The fourth-order valence-corrected chi connectivity index (χ4v) is 6.40. The first kappa shape index (κ1) is 26.8. The van der Waals surface area contributed by atoms with Crippen LogP contribution >= 0.6 is 15.9 Å². The second-order valence-corrected chi connectivity index (χ2v) is 11.2. The van der Waals surface area contributed by atoms with Crippen molar-refractivity contribution in [2.75, 3.05) is 19.7 Å². The van der Waals surface area contributed by atoms with E-state index in [1.165, 1.54) is 4.90 Å². The predicted octanol–water partition coefficient (Wildman–Crippen LogP) is 0.875. The number of likely N-dealkylation sites (tertiary alicyclic amines) is 1. The number of esters is 1. The normalized spacial score (nSPS) is 37.1. The van der Waals surface area contributed by atoms with Gasteiger partial charge in [0.15, 0.2) is 0 Å². The maximum atomic E-state index is 14.1. The van der Waals surface area contributed by atoms with Gasteiger partial charge in [0.05, 0.1) is 25.1 Å². The number of carbonyl (C=O) groups excluding carboxylic acids is 4. The first-order valence-corrected chi connectivity index (χ1v) is 13.2. The number of ether oxygens (including phenoxy) is 2. The molecule has 0 unspecified atom stereocenters. The van der Waals surface area contributed by atoms with Gasteiger partial charge < -0.3 is 29.7 Å². The molecule has 0 aromatic carbocycles. The molecule has 0 saturated carbocycles. The van der Waals surface area contributed by atoms with E-state index in [0.717, 1.165) is 0 Å². The zero-order chi connectivity index (χ0) is 26.4. The molecule has 4 heterocycles. The van der Waals surface area contributed by atoms with E-state index in [-0.39, 0.29) is 44.0 Å². The van der Waals surface area contributed by atoms with Crippen molar-refractivity contribution in [1.82, 2.24) is 15.1 Å². The highest BCUT2D eigenvalue weighted by atomic mass is 79.9. The molecular formula is C25H34BrN3O7. The number of cyclic esters (lactones) is 1. The number of allylic oxidation sites excluding steroid dienone is 1. The van der Waals surface area contributed by atoms with Crippen molar-refractivity contribution >= 4 is 39.6 Å². The van der Waals surface area contributed by atoms with Crippen molar-refractivity contribution in [3.63, 3.8) is 0 Å². The summed E-state index contributed by atoms with van der Waals surface area (Å²) in [6.45, 7) is 7.18. The average molecular weight is 568 g/mol. The highest BCUT2D eigenvalue weighted by Crippen LogP contribution is 2.59. The van der Waals surface area contributed by atoms with E-state index < -0.39 is 53.6 Å². The lowest BCUT2D eigenvalue weighted by atomic mass is 9.74. The van der Waals surface area contributed by atoms with Gasteiger partial charge in [0, 0.05) is 23.5 Å². The maximum absolute atomic E-state index is 14.1. The van der Waals surface area contributed by atoms with Crippen LogP contribution in [-0.2, 0) is 28.7 Å². The number of hydrogen-bond donors (Lipinski definition) is 2. The fraction of sp³-hybridized carbons (Fsp3) is 0.680. The van der Waals surface area contributed by atoms with Gasteiger partial charge in [0.1, 0.15) is 29.8 Å². The molecule has 1 spiro atoms. The largest absolute Gasteiger partial charge is 0.460 e. The van der Waals surface area contributed by atoms with Gasteiger partial charge in [-0.3, -0.25) is 19.2 Å². The Morgan fingerprint density at radius 2 is 1.92 bits per heavy atom. The number of nitrogens with one attached hydrogen (secondary N) is 1. The molecule has 2 N–H and O–H groups in total. The maximum Gasteiger partial charge on any atom is 0.313 e. The highest BCUT2D eigenvalue weighted by Gasteiger charge is 2.75. The Bertz CT molecular complexity index is 998. The zero-order valence-electron chi connectivity index (χ0n) is 21.0. The highest BCUT2D eigenvalue weighted by molar-refractivity contribution is 9.11. The minimum Gasteiger partial charge on any atom is -0.460 e. The van der Waals surface area contributed by atoms with Crippen LogP contribution < -0.4 is 5.32 Å². The van der Waals surface area contributed by atoms with Crippen LogP contribution in [-0.4, -0.2) is 94.2 Å². The van der Waals surface area contributed by atoms with Crippen molar-refractivity contribution in [1.29, 1.82) is 0 Å². The number of halogens is 1. The summed E-state index contributed by atoms with van der Waals surface area (Å²) in [5.41, 5.74) is -1.37. The quantitative estimate of drug-likeness (QED) is 0.383. The lowest BCUT2D eigenvalue weighted by Crippen LogP contribution is -2.59. The molecule has 0 aromatic heterocycles. The Morgan fingerprint density at radius 1 is 1.19 bits per heavy atom. The molecule has 2 fully saturated rings. The van der Waals surface area contributed by atoms with E-state index >= 15 is 0 Å². The summed E-state index contributed by atoms with van der Waals surface area (Å²) in [5.74, 6) is -3.47. The molecule has 36 heavy (non-hydrogen) atoms. The van der Waals surface area contributed by atoms with Gasteiger partial charge in [-0.25, -0.2) is 0 Å². The lowest BCUT2D eigenvalue weighted by Gasteiger charge is -2.39. The van der Waals surface area contributed by atoms with Crippen LogP contribution in [0.2, 0.25) is 0 Å². The van der Waals surface area contributed by atoms with E-state index in [2.05, 4.69) is 21.2 Å². The third kappa shape index (κ3) is 4.39. The van der Waals surface area contributed by atoms with Crippen LogP contribution in [0.4, 0.5) is 0 Å². The van der Waals surface area contributed by atoms with E-state index in [4.69, 9.17) is 9.47 Å². The van der Waals surface area contributed by atoms with Gasteiger partial charge in [-0.2, -0.15) is 0 Å². The Balaban J connectivity index is 1.81. The summed E-state index contributed by atoms with van der Waals surface area (Å²) < 4.78 is 12.6. The smallest absolute Gasteiger partial charge is 0.313 e. The van der Waals surface area contributed by atoms with Crippen molar-refractivity contribution in [3.8, 4) is 0 Å². The van der Waals surface area contributed by atoms with E-state index in [1.807, 2.05) is 26.0 Å². The third-order valence-corrected chi connectivity index (χ3v) is 8.11. The molecule has 0 radical (unpaired) electrons. The molecule has 0 aliphatic carbocycles. The van der Waals surface area contributed by atoms with Gasteiger partial charge in [-0.1, -0.05) is 28.1 Å². The van der Waals surface area contributed by atoms with Crippen LogP contribution in [0.3, 0.4) is 0 Å². The summed E-state index contributed by atoms with van der Waals surface area (Å²) in [6.07, 6.45) is 4.80. The molecule has 7 atom stereocenters. The summed E-state index contributed by atoms with van der Waals surface area (Å²) in [7, 11) is 0. The molecule has 3 amide bonds. The molecule has 4 rings (SSSR count). The second-order valence-electron chi connectivity index (χ2n) is 10.3. The molecule has 11 heteroatoms. The van der Waals surface area contributed by atoms with Crippen LogP contribution in [0.25, 0.3) is 0 Å². The molecular weight excluding hydrogens is 534 g/mol. The number of aliphatic hydroxyl groups excluding tert-OH is 1. The van der Waals surface area contributed by atoms with Crippen molar-refractivity contribution in [2.45, 2.75) is 76.5 Å². The number of rotatable bonds is 3. The number of fused-ring (bicyclic) bond motifs is 2. The SMILES string of the molecule is CC(C)N1C/C=C\CCC(=O)NC[C@@H](C)OC(=O)[C@@H]2[C@H]3O[C@@]4(C=C3Br)[C@H](C1=O)N([C@H](C)CO)C(=O)[C@@H]24. The summed E-state index contributed by atoms with van der Waals surface area (Å²) in [5, 5.41) is 12.7. The van der Waals surface area contributed by atoms with Crippen LogP contribution in [0.15, 0.2) is 22.7 Å². The van der Waals surface area contributed by atoms with Gasteiger partial charge in [0.2, 0.25) is 17.7 Å². The van der Waals surface area contributed by atoms with Crippen LogP contribution in [0.1, 0.15) is 40.5 Å². The van der Waals surface area contributed by atoms with Gasteiger partial charge in [-0.15, -0.1) is 0 Å². The average Bonchev–Trinajstić information content (AvgIpc) is 3.41. The first-order chi connectivity index (χ1) is 17.0. The van der Waals surface area contributed by atoms with Crippen LogP contribution in [0.5, 0.6) is 0 Å². The number of aliphatic hydroxyl groups is 1. The minimum atomic E-state index is -1.37. The second kappa shape index (κ2) is 10.3. The van der Waals surface area contributed by atoms with E-state index in [9.17, 15) is 24.3 Å². The van der Waals surface area contributed by atoms with Crippen LogP contribution in [0, 0.1) is 11.8 Å². The van der Waals surface area contributed by atoms with Gasteiger partial charge in [0.25, 0.3) is 0 Å². The minimum absolute atomic E-state index is 0.142. The Labute approximate surface area is 219 Å². The monoisotopic (exact) mass is 567 g/mol. The van der Waals surface area contributed by atoms with Gasteiger partial charge >= 0.3 is 5.97 Å². The number of amides is 3. The lowest BCUT2D eigenvalue weighted by molar-refractivity contribution is -0.159. The fourth-order valence-electron chi connectivity index (χ4n) is 5.67. The zero-order valence-corrected chi connectivity index (χ0v) is 22.6. The number of carbonyl (C=O) groups is 4. The summed E-state index contributed by atoms with van der Waals surface area (Å²) in [4.78, 5) is 56.6. The van der Waals surface area contributed by atoms with Crippen molar-refractivity contribution in [3.05, 3.63) is 22.7 Å².